The van der Waals surface area contributed by atoms with Crippen molar-refractivity contribution >= 4 is 17.2 Å². The third-order valence-corrected chi connectivity index (χ3v) is 7.08. The minimum absolute atomic E-state index is 0.169. The van der Waals surface area contributed by atoms with Gasteiger partial charge in [0.2, 0.25) is 0 Å². The third kappa shape index (κ3) is 3.42. The van der Waals surface area contributed by atoms with Crippen LogP contribution in [0, 0.1) is 0 Å². The molecular formula is C21H24N2O3S. The number of rotatable bonds is 4. The number of amides is 1. The van der Waals surface area contributed by atoms with Crippen molar-refractivity contribution in [1.82, 2.24) is 9.88 Å². The van der Waals surface area contributed by atoms with Crippen molar-refractivity contribution in [3.05, 3.63) is 51.5 Å². The van der Waals surface area contributed by atoms with Gasteiger partial charge < -0.3 is 14.4 Å². The van der Waals surface area contributed by atoms with Crippen molar-refractivity contribution in [2.75, 3.05) is 19.7 Å². The lowest BCUT2D eigenvalue weighted by Crippen LogP contribution is -2.67. The van der Waals surface area contributed by atoms with Crippen molar-refractivity contribution < 1.29 is 14.3 Å². The summed E-state index contributed by atoms with van der Waals surface area (Å²) in [7, 11) is 0. The van der Waals surface area contributed by atoms with Gasteiger partial charge in [-0.15, -0.1) is 11.3 Å². The SMILES string of the molecule is O=C(c1cc2c(s1)CCC2)N1CC2(CC(OCc3cccnc3)CCO2)C1. The van der Waals surface area contributed by atoms with Gasteiger partial charge in [-0.05, 0) is 48.9 Å². The summed E-state index contributed by atoms with van der Waals surface area (Å²) in [6.45, 7) is 2.65. The van der Waals surface area contributed by atoms with E-state index in [4.69, 9.17) is 9.47 Å². The quantitative estimate of drug-likeness (QED) is 0.812. The molecule has 1 aliphatic carbocycles. The maximum Gasteiger partial charge on any atom is 0.264 e. The van der Waals surface area contributed by atoms with E-state index in [1.54, 1.807) is 17.5 Å². The Bertz CT molecular complexity index is 808. The number of likely N-dealkylation sites (tertiary alicyclic amines) is 1. The second-order valence-electron chi connectivity index (χ2n) is 7.89. The fourth-order valence-electron chi connectivity index (χ4n) is 4.43. The molecule has 1 amide bonds. The first-order valence-corrected chi connectivity index (χ1v) is 10.6. The first-order valence-electron chi connectivity index (χ1n) is 9.76. The molecule has 6 heteroatoms. The third-order valence-electron chi connectivity index (χ3n) is 5.86. The minimum Gasteiger partial charge on any atom is -0.373 e. The summed E-state index contributed by atoms with van der Waals surface area (Å²) >= 11 is 1.69. The van der Waals surface area contributed by atoms with Gasteiger partial charge in [0.15, 0.2) is 0 Å². The van der Waals surface area contributed by atoms with Crippen molar-refractivity contribution in [2.24, 2.45) is 0 Å². The molecule has 5 rings (SSSR count). The highest BCUT2D eigenvalue weighted by atomic mass is 32.1. The molecule has 0 saturated carbocycles. The van der Waals surface area contributed by atoms with Crippen molar-refractivity contribution in [2.45, 2.75) is 50.4 Å². The number of hydrogen-bond acceptors (Lipinski definition) is 5. The Morgan fingerprint density at radius 3 is 3.15 bits per heavy atom. The summed E-state index contributed by atoms with van der Waals surface area (Å²) < 4.78 is 12.2. The highest BCUT2D eigenvalue weighted by Crippen LogP contribution is 2.38. The molecule has 4 heterocycles. The number of hydrogen-bond donors (Lipinski definition) is 0. The molecule has 3 aliphatic rings. The average molecular weight is 385 g/mol. The fraction of sp³-hybridized carbons (Fsp3) is 0.524. The molecule has 1 unspecified atom stereocenters. The Morgan fingerprint density at radius 1 is 1.41 bits per heavy atom. The van der Waals surface area contributed by atoms with E-state index in [1.807, 2.05) is 23.2 Å². The smallest absolute Gasteiger partial charge is 0.264 e. The molecule has 5 nitrogen and oxygen atoms in total. The highest BCUT2D eigenvalue weighted by molar-refractivity contribution is 7.14. The average Bonchev–Trinajstić information content (AvgIpc) is 3.27. The molecule has 2 fully saturated rings. The largest absolute Gasteiger partial charge is 0.373 e. The predicted octanol–water partition coefficient (Wildman–Crippen LogP) is 3.22. The van der Waals surface area contributed by atoms with Gasteiger partial charge in [0.1, 0.15) is 5.60 Å². The van der Waals surface area contributed by atoms with Gasteiger partial charge in [0.25, 0.3) is 5.91 Å². The summed E-state index contributed by atoms with van der Waals surface area (Å²) in [5, 5.41) is 0. The lowest BCUT2D eigenvalue weighted by Gasteiger charge is -2.52. The van der Waals surface area contributed by atoms with Gasteiger partial charge in [-0.25, -0.2) is 0 Å². The molecule has 2 aromatic heterocycles. The number of carbonyl (C=O) groups is 1. The van der Waals surface area contributed by atoms with E-state index < -0.39 is 0 Å². The van der Waals surface area contributed by atoms with Gasteiger partial charge in [0.05, 0.1) is 30.7 Å². The Morgan fingerprint density at radius 2 is 2.33 bits per heavy atom. The Hall–Kier alpha value is -1.76. The molecule has 2 saturated heterocycles. The van der Waals surface area contributed by atoms with Crippen LogP contribution in [-0.4, -0.2) is 47.2 Å². The topological polar surface area (TPSA) is 51.7 Å². The van der Waals surface area contributed by atoms with E-state index in [9.17, 15) is 4.79 Å². The maximum absolute atomic E-state index is 12.8. The molecule has 2 aliphatic heterocycles. The summed E-state index contributed by atoms with van der Waals surface area (Å²) in [6, 6.07) is 6.08. The van der Waals surface area contributed by atoms with Crippen LogP contribution in [0.1, 0.15) is 44.9 Å². The molecule has 0 bridgehead atoms. The second-order valence-corrected chi connectivity index (χ2v) is 9.03. The lowest BCUT2D eigenvalue weighted by atomic mass is 9.84. The molecule has 0 aromatic carbocycles. The van der Waals surface area contributed by atoms with Gasteiger partial charge in [-0.1, -0.05) is 6.07 Å². The van der Waals surface area contributed by atoms with Crippen molar-refractivity contribution in [3.63, 3.8) is 0 Å². The zero-order valence-electron chi connectivity index (χ0n) is 15.4. The van der Waals surface area contributed by atoms with Gasteiger partial charge in [-0.3, -0.25) is 9.78 Å². The number of aromatic nitrogens is 1. The number of carbonyl (C=O) groups excluding carboxylic acids is 1. The lowest BCUT2D eigenvalue weighted by molar-refractivity contribution is -0.187. The summed E-state index contributed by atoms with van der Waals surface area (Å²) in [6.07, 6.45) is 9.06. The number of pyridine rings is 1. The van der Waals surface area contributed by atoms with Gasteiger partial charge in [-0.2, -0.15) is 0 Å². The molecule has 0 N–H and O–H groups in total. The molecular weight excluding hydrogens is 360 g/mol. The van der Waals surface area contributed by atoms with Gasteiger partial charge >= 0.3 is 0 Å². The van der Waals surface area contributed by atoms with Gasteiger partial charge in [0, 0.05) is 30.3 Å². The van der Waals surface area contributed by atoms with Crippen molar-refractivity contribution in [3.8, 4) is 0 Å². The normalized spacial score (nSPS) is 23.3. The number of thiophene rings is 1. The zero-order chi connectivity index (χ0) is 18.3. The van der Waals surface area contributed by atoms with E-state index >= 15 is 0 Å². The Kier molecular flexibility index (Phi) is 4.50. The van der Waals surface area contributed by atoms with Crippen molar-refractivity contribution in [1.29, 1.82) is 0 Å². The van der Waals surface area contributed by atoms with E-state index in [2.05, 4.69) is 11.1 Å². The summed E-state index contributed by atoms with van der Waals surface area (Å²) in [5.74, 6) is 0.169. The Balaban J connectivity index is 1.16. The zero-order valence-corrected chi connectivity index (χ0v) is 16.2. The van der Waals surface area contributed by atoms with Crippen LogP contribution in [0.4, 0.5) is 0 Å². The predicted molar refractivity (Wildman–Crippen MR) is 103 cm³/mol. The highest BCUT2D eigenvalue weighted by Gasteiger charge is 2.50. The molecule has 0 radical (unpaired) electrons. The van der Waals surface area contributed by atoms with Crippen LogP contribution >= 0.6 is 11.3 Å². The van der Waals surface area contributed by atoms with Crippen LogP contribution in [0.15, 0.2) is 30.6 Å². The molecule has 2 aromatic rings. The molecule has 1 spiro atoms. The first-order chi connectivity index (χ1) is 13.2. The maximum atomic E-state index is 12.8. The monoisotopic (exact) mass is 384 g/mol. The van der Waals surface area contributed by atoms with Crippen LogP contribution < -0.4 is 0 Å². The second kappa shape index (κ2) is 7.00. The number of fused-ring (bicyclic) bond motifs is 1. The minimum atomic E-state index is -0.215. The number of ether oxygens (including phenoxy) is 2. The van der Waals surface area contributed by atoms with E-state index in [0.717, 1.165) is 36.1 Å². The van der Waals surface area contributed by atoms with Crippen LogP contribution in [0.3, 0.4) is 0 Å². The molecule has 27 heavy (non-hydrogen) atoms. The van der Waals surface area contributed by atoms with Crippen LogP contribution in [0.2, 0.25) is 0 Å². The standard InChI is InChI=1S/C21H24N2O3S/c24-20(19-9-16-4-1-5-18(16)27-19)23-13-21(14-23)10-17(6-8-26-21)25-12-15-3-2-7-22-11-15/h2-3,7,9,11,17H,1,4-6,8,10,12-14H2. The first kappa shape index (κ1) is 17.3. The van der Waals surface area contributed by atoms with Crippen LogP contribution in [0.5, 0.6) is 0 Å². The number of aryl methyl sites for hydroxylation is 2. The van der Waals surface area contributed by atoms with E-state index in [-0.39, 0.29) is 17.6 Å². The van der Waals surface area contributed by atoms with Crippen LogP contribution in [-0.2, 0) is 28.9 Å². The summed E-state index contributed by atoms with van der Waals surface area (Å²) in [5.41, 5.74) is 2.26. The molecule has 142 valence electrons. The fourth-order valence-corrected chi connectivity index (χ4v) is 5.65. The Labute approximate surface area is 163 Å². The number of nitrogens with zero attached hydrogens (tertiary/aromatic N) is 2. The molecule has 1 atom stereocenters. The van der Waals surface area contributed by atoms with E-state index in [1.165, 1.54) is 16.9 Å². The summed E-state index contributed by atoms with van der Waals surface area (Å²) in [4.78, 5) is 21.2. The van der Waals surface area contributed by atoms with E-state index in [0.29, 0.717) is 26.3 Å². The van der Waals surface area contributed by atoms with Crippen LogP contribution in [0.25, 0.3) is 0 Å².